The standard InChI is InChI=1S/C18H24F2N2O3/c1-3-4-7-21(2)17(24)12-5-8-22(9-6-12)18(25)16-14(20)10-13(19)11-15(16)23/h10-12,23H,3-9H2,1-2H3. The largest absolute Gasteiger partial charge is 0.507 e. The van der Waals surface area contributed by atoms with E-state index in [9.17, 15) is 23.5 Å². The number of likely N-dealkylation sites (tertiary alicyclic amines) is 1. The average Bonchev–Trinajstić information content (AvgIpc) is 2.58. The molecular formula is C18H24F2N2O3. The summed E-state index contributed by atoms with van der Waals surface area (Å²) in [5.41, 5.74) is -0.522. The van der Waals surface area contributed by atoms with Gasteiger partial charge in [0.25, 0.3) is 5.91 Å². The van der Waals surface area contributed by atoms with Gasteiger partial charge >= 0.3 is 0 Å². The van der Waals surface area contributed by atoms with Crippen LogP contribution in [0.5, 0.6) is 5.75 Å². The SMILES string of the molecule is CCCCN(C)C(=O)C1CCN(C(=O)c2c(O)cc(F)cc2F)CC1. The number of phenols is 1. The lowest BCUT2D eigenvalue weighted by Crippen LogP contribution is -2.43. The quantitative estimate of drug-likeness (QED) is 0.884. The first-order valence-corrected chi connectivity index (χ1v) is 8.57. The number of nitrogens with zero attached hydrogens (tertiary/aromatic N) is 2. The second-order valence-electron chi connectivity index (χ2n) is 6.46. The molecule has 0 bridgehead atoms. The summed E-state index contributed by atoms with van der Waals surface area (Å²) < 4.78 is 26.9. The van der Waals surface area contributed by atoms with Gasteiger partial charge in [0.1, 0.15) is 22.9 Å². The van der Waals surface area contributed by atoms with Crippen LogP contribution in [0.3, 0.4) is 0 Å². The first-order valence-electron chi connectivity index (χ1n) is 8.57. The molecule has 0 aromatic heterocycles. The van der Waals surface area contributed by atoms with E-state index in [1.807, 2.05) is 0 Å². The number of unbranched alkanes of at least 4 members (excludes halogenated alkanes) is 1. The zero-order valence-corrected chi connectivity index (χ0v) is 14.6. The van der Waals surface area contributed by atoms with Gasteiger partial charge in [0.05, 0.1) is 0 Å². The molecule has 1 aliphatic heterocycles. The smallest absolute Gasteiger partial charge is 0.260 e. The van der Waals surface area contributed by atoms with Gasteiger partial charge in [0, 0.05) is 44.7 Å². The zero-order valence-electron chi connectivity index (χ0n) is 14.6. The number of halogens is 2. The molecule has 1 fully saturated rings. The molecule has 0 atom stereocenters. The molecule has 0 radical (unpaired) electrons. The van der Waals surface area contributed by atoms with Gasteiger partial charge < -0.3 is 14.9 Å². The highest BCUT2D eigenvalue weighted by atomic mass is 19.1. The lowest BCUT2D eigenvalue weighted by Gasteiger charge is -2.33. The van der Waals surface area contributed by atoms with Gasteiger partial charge in [-0.3, -0.25) is 9.59 Å². The topological polar surface area (TPSA) is 60.9 Å². The van der Waals surface area contributed by atoms with Crippen molar-refractivity contribution < 1.29 is 23.5 Å². The molecule has 2 amide bonds. The highest BCUT2D eigenvalue weighted by Crippen LogP contribution is 2.26. The molecule has 1 saturated heterocycles. The second-order valence-corrected chi connectivity index (χ2v) is 6.46. The lowest BCUT2D eigenvalue weighted by molar-refractivity contribution is -0.135. The monoisotopic (exact) mass is 354 g/mol. The normalized spacial score (nSPS) is 15.3. The van der Waals surface area contributed by atoms with Crippen LogP contribution in [-0.4, -0.2) is 53.4 Å². The Morgan fingerprint density at radius 1 is 1.28 bits per heavy atom. The molecule has 1 heterocycles. The molecule has 0 saturated carbocycles. The summed E-state index contributed by atoms with van der Waals surface area (Å²) in [6.45, 7) is 3.37. The van der Waals surface area contributed by atoms with Crippen molar-refractivity contribution in [1.29, 1.82) is 0 Å². The van der Waals surface area contributed by atoms with E-state index >= 15 is 0 Å². The third-order valence-electron chi connectivity index (χ3n) is 4.60. The first-order chi connectivity index (χ1) is 11.8. The second kappa shape index (κ2) is 8.27. The van der Waals surface area contributed by atoms with E-state index in [0.29, 0.717) is 38.5 Å². The minimum absolute atomic E-state index is 0.0661. The molecule has 0 spiro atoms. The molecule has 5 nitrogen and oxygen atoms in total. The van der Waals surface area contributed by atoms with Crippen molar-refractivity contribution in [3.8, 4) is 5.75 Å². The number of benzene rings is 1. The first kappa shape index (κ1) is 19.1. The molecule has 1 aliphatic rings. The summed E-state index contributed by atoms with van der Waals surface area (Å²) in [5.74, 6) is -3.50. The highest BCUT2D eigenvalue weighted by molar-refractivity contribution is 5.97. The summed E-state index contributed by atoms with van der Waals surface area (Å²) >= 11 is 0. The predicted molar refractivity (Wildman–Crippen MR) is 89.2 cm³/mol. The number of hydrogen-bond donors (Lipinski definition) is 1. The number of hydrogen-bond acceptors (Lipinski definition) is 3. The molecule has 1 aromatic carbocycles. The van der Waals surface area contributed by atoms with Crippen LogP contribution in [0.1, 0.15) is 43.0 Å². The Kier molecular flexibility index (Phi) is 6.33. The summed E-state index contributed by atoms with van der Waals surface area (Å²) in [6, 6.07) is 1.29. The maximum atomic E-state index is 13.8. The van der Waals surface area contributed by atoms with Crippen molar-refractivity contribution in [2.24, 2.45) is 5.92 Å². The Morgan fingerprint density at radius 3 is 2.48 bits per heavy atom. The van der Waals surface area contributed by atoms with E-state index in [0.717, 1.165) is 18.9 Å². The highest BCUT2D eigenvalue weighted by Gasteiger charge is 2.31. The number of carbonyl (C=O) groups is 2. The van der Waals surface area contributed by atoms with Crippen LogP contribution in [0.25, 0.3) is 0 Å². The van der Waals surface area contributed by atoms with Crippen LogP contribution in [0.2, 0.25) is 0 Å². The number of amides is 2. The minimum Gasteiger partial charge on any atom is -0.507 e. The van der Waals surface area contributed by atoms with Crippen LogP contribution in [0.4, 0.5) is 8.78 Å². The summed E-state index contributed by atoms with van der Waals surface area (Å²) in [6.07, 6.45) is 2.94. The van der Waals surface area contributed by atoms with E-state index in [1.165, 1.54) is 4.90 Å². The van der Waals surface area contributed by atoms with Crippen molar-refractivity contribution >= 4 is 11.8 Å². The number of rotatable bonds is 5. The average molecular weight is 354 g/mol. The fraction of sp³-hybridized carbons (Fsp3) is 0.556. The maximum absolute atomic E-state index is 13.8. The van der Waals surface area contributed by atoms with Crippen molar-refractivity contribution in [1.82, 2.24) is 9.80 Å². The van der Waals surface area contributed by atoms with Gasteiger partial charge in [-0.25, -0.2) is 8.78 Å². The number of aromatic hydroxyl groups is 1. The van der Waals surface area contributed by atoms with Gasteiger partial charge in [0.2, 0.25) is 5.91 Å². The fourth-order valence-corrected chi connectivity index (χ4v) is 3.08. The maximum Gasteiger partial charge on any atom is 0.260 e. The third kappa shape index (κ3) is 4.46. The van der Waals surface area contributed by atoms with Gasteiger partial charge in [-0.2, -0.15) is 0 Å². The van der Waals surface area contributed by atoms with Crippen molar-refractivity contribution in [3.63, 3.8) is 0 Å². The van der Waals surface area contributed by atoms with E-state index in [2.05, 4.69) is 6.92 Å². The Morgan fingerprint density at radius 2 is 1.92 bits per heavy atom. The van der Waals surface area contributed by atoms with Crippen LogP contribution in [0, 0.1) is 17.6 Å². The Balaban J connectivity index is 1.98. The molecule has 0 aliphatic carbocycles. The summed E-state index contributed by atoms with van der Waals surface area (Å²) in [7, 11) is 1.78. The number of piperidine rings is 1. The molecule has 25 heavy (non-hydrogen) atoms. The molecule has 1 aromatic rings. The fourth-order valence-electron chi connectivity index (χ4n) is 3.08. The molecule has 1 N–H and O–H groups in total. The minimum atomic E-state index is -1.08. The van der Waals surface area contributed by atoms with Gasteiger partial charge in [-0.05, 0) is 19.3 Å². The molecule has 138 valence electrons. The number of carbonyl (C=O) groups excluding carboxylic acids is 2. The van der Waals surface area contributed by atoms with Crippen molar-refractivity contribution in [2.45, 2.75) is 32.6 Å². The van der Waals surface area contributed by atoms with Crippen LogP contribution >= 0.6 is 0 Å². The Labute approximate surface area is 146 Å². The molecule has 0 unspecified atom stereocenters. The van der Waals surface area contributed by atoms with Crippen molar-refractivity contribution in [3.05, 3.63) is 29.3 Å². The van der Waals surface area contributed by atoms with Crippen LogP contribution in [0.15, 0.2) is 12.1 Å². The third-order valence-corrected chi connectivity index (χ3v) is 4.60. The van der Waals surface area contributed by atoms with Crippen LogP contribution < -0.4 is 0 Å². The van der Waals surface area contributed by atoms with E-state index in [-0.39, 0.29) is 11.8 Å². The van der Waals surface area contributed by atoms with Crippen molar-refractivity contribution in [2.75, 3.05) is 26.7 Å². The Hall–Kier alpha value is -2.18. The van der Waals surface area contributed by atoms with Gasteiger partial charge in [0.15, 0.2) is 0 Å². The number of phenolic OH excluding ortho intramolecular Hbond substituents is 1. The van der Waals surface area contributed by atoms with E-state index in [4.69, 9.17) is 0 Å². The molecular weight excluding hydrogens is 330 g/mol. The van der Waals surface area contributed by atoms with E-state index < -0.39 is 28.9 Å². The van der Waals surface area contributed by atoms with Gasteiger partial charge in [-0.15, -0.1) is 0 Å². The zero-order chi connectivity index (χ0) is 18.6. The summed E-state index contributed by atoms with van der Waals surface area (Å²) in [5, 5.41) is 9.68. The predicted octanol–water partition coefficient (Wildman–Crippen LogP) is 2.78. The lowest BCUT2D eigenvalue weighted by atomic mass is 9.94. The molecule has 7 heteroatoms. The summed E-state index contributed by atoms with van der Waals surface area (Å²) in [4.78, 5) is 27.9. The Bertz CT molecular complexity index is 620. The van der Waals surface area contributed by atoms with Gasteiger partial charge in [-0.1, -0.05) is 13.3 Å². The molecule has 2 rings (SSSR count). The van der Waals surface area contributed by atoms with E-state index in [1.54, 1.807) is 11.9 Å². The van der Waals surface area contributed by atoms with Crippen LogP contribution in [-0.2, 0) is 4.79 Å².